The fourth-order valence-electron chi connectivity index (χ4n) is 3.57. The van der Waals surface area contributed by atoms with Crippen molar-refractivity contribution in [3.8, 4) is 17.1 Å². The molecule has 156 valence electrons. The van der Waals surface area contributed by atoms with Crippen molar-refractivity contribution in [2.45, 2.75) is 46.1 Å². The predicted octanol–water partition coefficient (Wildman–Crippen LogP) is 4.96. The van der Waals surface area contributed by atoms with Crippen LogP contribution in [0.1, 0.15) is 49.3 Å². The first-order valence-electron chi connectivity index (χ1n) is 10.7. The maximum atomic E-state index is 12.6. The van der Waals surface area contributed by atoms with Gasteiger partial charge in [-0.1, -0.05) is 20.3 Å². The van der Waals surface area contributed by atoms with Gasteiger partial charge in [0.1, 0.15) is 11.6 Å². The molecule has 1 aliphatic heterocycles. The summed E-state index contributed by atoms with van der Waals surface area (Å²) in [6.45, 7) is 5.83. The lowest BCUT2D eigenvalue weighted by Gasteiger charge is -2.10. The van der Waals surface area contributed by atoms with Crippen molar-refractivity contribution in [2.75, 3.05) is 11.9 Å². The van der Waals surface area contributed by atoms with E-state index in [-0.39, 0.29) is 5.91 Å². The standard InChI is InChI=1S/C24H28N4O2/c1-17(2)16-30-21-13-9-19(10-14-21)24(29)25-20-11-7-18(8-12-20)23-27-26-22-6-4-3-5-15-28(22)23/h7-14,17H,3-6,15-16H2,1-2H3,(H,25,29). The first-order valence-corrected chi connectivity index (χ1v) is 10.7. The van der Waals surface area contributed by atoms with Crippen molar-refractivity contribution in [2.24, 2.45) is 5.92 Å². The van der Waals surface area contributed by atoms with E-state index in [1.54, 1.807) is 12.1 Å². The Morgan fingerprint density at radius 1 is 1.03 bits per heavy atom. The van der Waals surface area contributed by atoms with E-state index in [1.165, 1.54) is 12.8 Å². The number of anilines is 1. The average molecular weight is 405 g/mol. The minimum Gasteiger partial charge on any atom is -0.493 e. The topological polar surface area (TPSA) is 69.0 Å². The van der Waals surface area contributed by atoms with Crippen molar-refractivity contribution in [1.82, 2.24) is 14.8 Å². The van der Waals surface area contributed by atoms with E-state index in [0.717, 1.165) is 48.0 Å². The van der Waals surface area contributed by atoms with Gasteiger partial charge in [0, 0.05) is 29.8 Å². The number of rotatable bonds is 6. The zero-order valence-corrected chi connectivity index (χ0v) is 17.6. The van der Waals surface area contributed by atoms with Gasteiger partial charge < -0.3 is 14.6 Å². The molecule has 0 atom stereocenters. The van der Waals surface area contributed by atoms with E-state index >= 15 is 0 Å². The Morgan fingerprint density at radius 3 is 2.53 bits per heavy atom. The lowest BCUT2D eigenvalue weighted by Crippen LogP contribution is -2.12. The number of nitrogens with one attached hydrogen (secondary N) is 1. The summed E-state index contributed by atoms with van der Waals surface area (Å²) in [6.07, 6.45) is 4.56. The lowest BCUT2D eigenvalue weighted by molar-refractivity contribution is 0.102. The highest BCUT2D eigenvalue weighted by atomic mass is 16.5. The van der Waals surface area contributed by atoms with Gasteiger partial charge in [-0.3, -0.25) is 4.79 Å². The number of hydrogen-bond acceptors (Lipinski definition) is 4. The zero-order valence-electron chi connectivity index (χ0n) is 17.6. The number of amides is 1. The molecule has 1 N–H and O–H groups in total. The van der Waals surface area contributed by atoms with Crippen molar-refractivity contribution < 1.29 is 9.53 Å². The molecule has 0 saturated carbocycles. The highest BCUT2D eigenvalue weighted by Crippen LogP contribution is 2.24. The maximum absolute atomic E-state index is 12.6. The van der Waals surface area contributed by atoms with E-state index in [4.69, 9.17) is 4.74 Å². The summed E-state index contributed by atoms with van der Waals surface area (Å²) in [6, 6.07) is 15.0. The monoisotopic (exact) mass is 404 g/mol. The maximum Gasteiger partial charge on any atom is 0.255 e. The minimum absolute atomic E-state index is 0.144. The van der Waals surface area contributed by atoms with Gasteiger partial charge in [0.15, 0.2) is 5.82 Å². The van der Waals surface area contributed by atoms with Crippen LogP contribution in [0.3, 0.4) is 0 Å². The van der Waals surface area contributed by atoms with E-state index in [2.05, 4.69) is 33.9 Å². The summed E-state index contributed by atoms with van der Waals surface area (Å²) < 4.78 is 7.90. The summed E-state index contributed by atoms with van der Waals surface area (Å²) in [5.74, 6) is 3.07. The summed E-state index contributed by atoms with van der Waals surface area (Å²) in [4.78, 5) is 12.6. The van der Waals surface area contributed by atoms with E-state index < -0.39 is 0 Å². The number of nitrogens with zero attached hydrogens (tertiary/aromatic N) is 3. The van der Waals surface area contributed by atoms with Crippen LogP contribution in [0.25, 0.3) is 11.4 Å². The van der Waals surface area contributed by atoms with Crippen LogP contribution in [0.4, 0.5) is 5.69 Å². The molecule has 1 amide bonds. The Balaban J connectivity index is 1.41. The quantitative estimate of drug-likeness (QED) is 0.630. The zero-order chi connectivity index (χ0) is 20.9. The molecule has 3 aromatic rings. The van der Waals surface area contributed by atoms with Crippen LogP contribution in [-0.4, -0.2) is 27.3 Å². The van der Waals surface area contributed by atoms with Crippen molar-refractivity contribution >= 4 is 11.6 Å². The minimum atomic E-state index is -0.144. The average Bonchev–Trinajstić information content (AvgIpc) is 3.01. The van der Waals surface area contributed by atoms with Crippen LogP contribution >= 0.6 is 0 Å². The molecule has 1 aliphatic rings. The van der Waals surface area contributed by atoms with Gasteiger partial charge in [-0.05, 0) is 67.3 Å². The fraction of sp³-hybridized carbons (Fsp3) is 0.375. The number of fused-ring (bicyclic) bond motifs is 1. The van der Waals surface area contributed by atoms with E-state index in [9.17, 15) is 4.79 Å². The molecule has 6 nitrogen and oxygen atoms in total. The molecule has 0 bridgehead atoms. The van der Waals surface area contributed by atoms with Crippen LogP contribution in [-0.2, 0) is 13.0 Å². The van der Waals surface area contributed by atoms with E-state index in [1.807, 2.05) is 36.4 Å². The Morgan fingerprint density at radius 2 is 1.80 bits per heavy atom. The molecule has 4 rings (SSSR count). The molecular weight excluding hydrogens is 376 g/mol. The van der Waals surface area contributed by atoms with Crippen molar-refractivity contribution in [3.63, 3.8) is 0 Å². The predicted molar refractivity (Wildman–Crippen MR) is 118 cm³/mol. The van der Waals surface area contributed by atoms with Gasteiger partial charge in [-0.25, -0.2) is 0 Å². The molecule has 0 spiro atoms. The molecule has 0 radical (unpaired) electrons. The summed E-state index contributed by atoms with van der Waals surface area (Å²) in [5, 5.41) is 11.7. The smallest absolute Gasteiger partial charge is 0.255 e. The van der Waals surface area contributed by atoms with Crippen LogP contribution in [0.2, 0.25) is 0 Å². The second kappa shape index (κ2) is 9.11. The van der Waals surface area contributed by atoms with Gasteiger partial charge in [0.05, 0.1) is 6.61 Å². The number of ether oxygens (including phenoxy) is 1. The summed E-state index contributed by atoms with van der Waals surface area (Å²) in [7, 11) is 0. The Bertz CT molecular complexity index is 991. The summed E-state index contributed by atoms with van der Waals surface area (Å²) >= 11 is 0. The molecule has 1 aromatic heterocycles. The number of carbonyl (C=O) groups is 1. The molecule has 2 aromatic carbocycles. The van der Waals surface area contributed by atoms with Crippen LogP contribution < -0.4 is 10.1 Å². The van der Waals surface area contributed by atoms with Crippen LogP contribution in [0, 0.1) is 5.92 Å². The second-order valence-corrected chi connectivity index (χ2v) is 8.16. The first kappa shape index (κ1) is 20.1. The normalized spacial score (nSPS) is 13.6. The van der Waals surface area contributed by atoms with Crippen LogP contribution in [0.5, 0.6) is 5.75 Å². The van der Waals surface area contributed by atoms with E-state index in [0.29, 0.717) is 18.1 Å². The molecular formula is C24H28N4O2. The fourth-order valence-corrected chi connectivity index (χ4v) is 3.57. The third kappa shape index (κ3) is 4.70. The van der Waals surface area contributed by atoms with Crippen molar-refractivity contribution in [1.29, 1.82) is 0 Å². The number of aromatic nitrogens is 3. The lowest BCUT2D eigenvalue weighted by atomic mass is 10.1. The van der Waals surface area contributed by atoms with Crippen LogP contribution in [0.15, 0.2) is 48.5 Å². The SMILES string of the molecule is CC(C)COc1ccc(C(=O)Nc2ccc(-c3nnc4n3CCCCC4)cc2)cc1. The molecule has 0 fully saturated rings. The Kier molecular flexibility index (Phi) is 6.12. The van der Waals surface area contributed by atoms with Gasteiger partial charge in [0.25, 0.3) is 5.91 Å². The number of carbonyl (C=O) groups excluding carboxylic acids is 1. The molecule has 6 heteroatoms. The Labute approximate surface area is 177 Å². The molecule has 2 heterocycles. The third-order valence-corrected chi connectivity index (χ3v) is 5.21. The number of benzene rings is 2. The molecule has 0 aliphatic carbocycles. The van der Waals surface area contributed by atoms with Gasteiger partial charge >= 0.3 is 0 Å². The third-order valence-electron chi connectivity index (χ3n) is 5.21. The second-order valence-electron chi connectivity index (χ2n) is 8.16. The molecule has 0 unspecified atom stereocenters. The largest absolute Gasteiger partial charge is 0.493 e. The summed E-state index contributed by atoms with van der Waals surface area (Å²) in [5.41, 5.74) is 2.36. The van der Waals surface area contributed by atoms with Gasteiger partial charge in [-0.15, -0.1) is 10.2 Å². The van der Waals surface area contributed by atoms with Crippen molar-refractivity contribution in [3.05, 3.63) is 59.9 Å². The first-order chi connectivity index (χ1) is 14.6. The Hall–Kier alpha value is -3.15. The van der Waals surface area contributed by atoms with Gasteiger partial charge in [-0.2, -0.15) is 0 Å². The number of hydrogen-bond donors (Lipinski definition) is 1. The molecule has 0 saturated heterocycles. The number of aryl methyl sites for hydroxylation is 1. The molecule has 30 heavy (non-hydrogen) atoms. The van der Waals surface area contributed by atoms with Gasteiger partial charge in [0.2, 0.25) is 0 Å². The highest BCUT2D eigenvalue weighted by molar-refractivity contribution is 6.04. The highest BCUT2D eigenvalue weighted by Gasteiger charge is 2.16.